The van der Waals surface area contributed by atoms with E-state index >= 15 is 0 Å². The summed E-state index contributed by atoms with van der Waals surface area (Å²) in [5, 5.41) is 4.00. The van der Waals surface area contributed by atoms with Gasteiger partial charge in [-0.1, -0.05) is 42.0 Å². The monoisotopic (exact) mass is 397 g/mol. The van der Waals surface area contributed by atoms with Crippen molar-refractivity contribution in [1.82, 2.24) is 5.32 Å². The lowest BCUT2D eigenvalue weighted by molar-refractivity contribution is -0.115. The van der Waals surface area contributed by atoms with Crippen LogP contribution in [-0.4, -0.2) is 25.2 Å². The number of benzene rings is 2. The van der Waals surface area contributed by atoms with Gasteiger partial charge in [-0.2, -0.15) is 0 Å². The van der Waals surface area contributed by atoms with E-state index in [4.69, 9.17) is 11.6 Å². The standard InChI is InChI=1S/C21H20ClN3OS/c1-14-17(22)7-5-8-18(14)23-21-24-20(26)19(27-21)9-4-6-15-10-12-16(13-11-15)25(2)3/h4-13H,1-3H3,(H,23,24,26)/b6-4+,19-9+. The number of carbonyl (C=O) groups is 1. The molecule has 1 aliphatic heterocycles. The third-order valence-corrected chi connectivity index (χ3v) is 5.40. The number of allylic oxidation sites excluding steroid dienone is 2. The Balaban J connectivity index is 1.71. The van der Waals surface area contributed by atoms with Crippen molar-refractivity contribution in [2.45, 2.75) is 6.92 Å². The summed E-state index contributed by atoms with van der Waals surface area (Å²) in [6.45, 7) is 1.91. The highest BCUT2D eigenvalue weighted by atomic mass is 35.5. The maximum absolute atomic E-state index is 12.1. The molecule has 138 valence electrons. The first-order chi connectivity index (χ1) is 12.9. The molecule has 1 N–H and O–H groups in total. The van der Waals surface area contributed by atoms with E-state index in [-0.39, 0.29) is 5.91 Å². The summed E-state index contributed by atoms with van der Waals surface area (Å²) in [4.78, 5) is 19.3. The second-order valence-electron chi connectivity index (χ2n) is 6.23. The van der Waals surface area contributed by atoms with Crippen LogP contribution in [-0.2, 0) is 4.79 Å². The predicted molar refractivity (Wildman–Crippen MR) is 117 cm³/mol. The highest BCUT2D eigenvalue weighted by Crippen LogP contribution is 2.30. The van der Waals surface area contributed by atoms with Gasteiger partial charge in [0.1, 0.15) is 0 Å². The molecule has 1 amide bonds. The van der Waals surface area contributed by atoms with E-state index in [1.165, 1.54) is 11.8 Å². The summed E-state index contributed by atoms with van der Waals surface area (Å²) in [5.41, 5.74) is 3.86. The number of anilines is 1. The minimum atomic E-state index is -0.147. The smallest absolute Gasteiger partial charge is 0.264 e. The van der Waals surface area contributed by atoms with Crippen molar-refractivity contribution in [3.8, 4) is 0 Å². The first kappa shape index (κ1) is 19.3. The van der Waals surface area contributed by atoms with E-state index in [1.54, 1.807) is 6.08 Å². The van der Waals surface area contributed by atoms with E-state index in [0.29, 0.717) is 15.1 Å². The second-order valence-corrected chi connectivity index (χ2v) is 7.67. The summed E-state index contributed by atoms with van der Waals surface area (Å²) in [7, 11) is 4.02. The quantitative estimate of drug-likeness (QED) is 0.724. The minimum absolute atomic E-state index is 0.147. The Morgan fingerprint density at radius 3 is 2.59 bits per heavy atom. The van der Waals surface area contributed by atoms with E-state index < -0.39 is 0 Å². The lowest BCUT2D eigenvalue weighted by Gasteiger charge is -2.11. The average molecular weight is 398 g/mol. The molecule has 0 aromatic heterocycles. The Kier molecular flexibility index (Phi) is 6.04. The van der Waals surface area contributed by atoms with Crippen LogP contribution in [0, 0.1) is 6.92 Å². The highest BCUT2D eigenvalue weighted by Gasteiger charge is 2.23. The van der Waals surface area contributed by atoms with Gasteiger partial charge in [0.2, 0.25) is 0 Å². The molecule has 1 fully saturated rings. The van der Waals surface area contributed by atoms with Crippen LogP contribution >= 0.6 is 23.4 Å². The van der Waals surface area contributed by atoms with Gasteiger partial charge in [0.15, 0.2) is 5.17 Å². The lowest BCUT2D eigenvalue weighted by Crippen LogP contribution is -2.19. The van der Waals surface area contributed by atoms with Crippen molar-refractivity contribution in [3.63, 3.8) is 0 Å². The van der Waals surface area contributed by atoms with Gasteiger partial charge in [-0.25, -0.2) is 4.99 Å². The van der Waals surface area contributed by atoms with Crippen molar-refractivity contribution in [1.29, 1.82) is 0 Å². The number of nitrogens with one attached hydrogen (secondary N) is 1. The van der Waals surface area contributed by atoms with E-state index in [1.807, 2.05) is 63.5 Å². The SMILES string of the molecule is Cc1c(Cl)cccc1N=C1NC(=O)/C(=C\C=C\c2ccc(N(C)C)cc2)S1. The zero-order chi connectivity index (χ0) is 19.4. The Morgan fingerprint density at radius 1 is 1.15 bits per heavy atom. The number of carbonyl (C=O) groups excluding carboxylic acids is 1. The number of hydrogen-bond acceptors (Lipinski definition) is 4. The molecule has 1 heterocycles. The van der Waals surface area contributed by atoms with Gasteiger partial charge >= 0.3 is 0 Å². The summed E-state index contributed by atoms with van der Waals surface area (Å²) in [5.74, 6) is -0.147. The first-order valence-corrected chi connectivity index (χ1v) is 9.62. The Labute approximate surface area is 168 Å². The van der Waals surface area contributed by atoms with Crippen molar-refractivity contribution in [3.05, 3.63) is 75.7 Å². The molecule has 0 atom stereocenters. The molecule has 4 nitrogen and oxygen atoms in total. The fourth-order valence-electron chi connectivity index (χ4n) is 2.45. The van der Waals surface area contributed by atoms with Gasteiger partial charge < -0.3 is 10.2 Å². The average Bonchev–Trinajstić information content (AvgIpc) is 2.99. The summed E-state index contributed by atoms with van der Waals surface area (Å²) < 4.78 is 0. The number of thioether (sulfide) groups is 1. The Hall–Kier alpha value is -2.50. The molecule has 27 heavy (non-hydrogen) atoms. The van der Waals surface area contributed by atoms with Crippen LogP contribution in [0.3, 0.4) is 0 Å². The molecule has 0 saturated carbocycles. The number of halogens is 1. The van der Waals surface area contributed by atoms with E-state index in [0.717, 1.165) is 22.5 Å². The third-order valence-electron chi connectivity index (χ3n) is 4.06. The highest BCUT2D eigenvalue weighted by molar-refractivity contribution is 8.18. The summed E-state index contributed by atoms with van der Waals surface area (Å²) in [6.07, 6.45) is 5.64. The lowest BCUT2D eigenvalue weighted by atomic mass is 10.2. The van der Waals surface area contributed by atoms with Gasteiger partial charge in [0.05, 0.1) is 10.6 Å². The van der Waals surface area contributed by atoms with Crippen molar-refractivity contribution >= 4 is 51.9 Å². The van der Waals surface area contributed by atoms with Crippen LogP contribution in [0.4, 0.5) is 11.4 Å². The Morgan fingerprint density at radius 2 is 1.89 bits per heavy atom. The first-order valence-electron chi connectivity index (χ1n) is 8.43. The van der Waals surface area contributed by atoms with Crippen LogP contribution in [0.25, 0.3) is 6.08 Å². The molecule has 0 aliphatic carbocycles. The number of aliphatic imine (C=N–C) groups is 1. The minimum Gasteiger partial charge on any atom is -0.378 e. The molecule has 1 aliphatic rings. The second kappa shape index (κ2) is 8.46. The zero-order valence-corrected chi connectivity index (χ0v) is 16.9. The van der Waals surface area contributed by atoms with Crippen molar-refractivity contribution in [2.24, 2.45) is 4.99 Å². The normalized spacial score (nSPS) is 17.1. The topological polar surface area (TPSA) is 44.7 Å². The molecule has 6 heteroatoms. The Bertz CT molecular complexity index is 946. The molecule has 0 radical (unpaired) electrons. The number of amides is 1. The third kappa shape index (κ3) is 4.81. The molecule has 0 unspecified atom stereocenters. The van der Waals surface area contributed by atoms with E-state index in [9.17, 15) is 4.79 Å². The molecule has 3 rings (SSSR count). The molecule has 1 saturated heterocycles. The predicted octanol–water partition coefficient (Wildman–Crippen LogP) is 5.16. The largest absolute Gasteiger partial charge is 0.378 e. The van der Waals surface area contributed by atoms with Crippen molar-refractivity contribution in [2.75, 3.05) is 19.0 Å². The van der Waals surface area contributed by atoms with Gasteiger partial charge in [-0.3, -0.25) is 4.79 Å². The van der Waals surface area contributed by atoms with Crippen LogP contribution in [0.5, 0.6) is 0 Å². The van der Waals surface area contributed by atoms with Crippen LogP contribution in [0.1, 0.15) is 11.1 Å². The van der Waals surface area contributed by atoms with Crippen LogP contribution in [0.15, 0.2) is 64.5 Å². The number of amidine groups is 1. The summed E-state index contributed by atoms with van der Waals surface area (Å²) >= 11 is 7.44. The molecule has 0 spiro atoms. The van der Waals surface area contributed by atoms with Gasteiger partial charge in [-0.05, 0) is 60.2 Å². The van der Waals surface area contributed by atoms with Crippen LogP contribution in [0.2, 0.25) is 5.02 Å². The van der Waals surface area contributed by atoms with E-state index in [2.05, 4.69) is 27.3 Å². The molecular formula is C21H20ClN3OS. The van der Waals surface area contributed by atoms with Crippen LogP contribution < -0.4 is 10.2 Å². The van der Waals surface area contributed by atoms with Gasteiger partial charge in [-0.15, -0.1) is 0 Å². The van der Waals surface area contributed by atoms with Gasteiger partial charge in [0, 0.05) is 24.8 Å². The number of nitrogens with zero attached hydrogens (tertiary/aromatic N) is 2. The number of rotatable bonds is 4. The fraction of sp³-hybridized carbons (Fsp3) is 0.143. The molecular weight excluding hydrogens is 378 g/mol. The summed E-state index contributed by atoms with van der Waals surface area (Å²) in [6, 6.07) is 13.7. The molecule has 2 aromatic carbocycles. The van der Waals surface area contributed by atoms with Gasteiger partial charge in [0.25, 0.3) is 5.91 Å². The molecule has 0 bridgehead atoms. The number of hydrogen-bond donors (Lipinski definition) is 1. The van der Waals surface area contributed by atoms with Crippen molar-refractivity contribution < 1.29 is 4.79 Å². The molecule has 2 aromatic rings. The fourth-order valence-corrected chi connectivity index (χ4v) is 3.41. The maximum Gasteiger partial charge on any atom is 0.264 e. The maximum atomic E-state index is 12.1. The zero-order valence-electron chi connectivity index (χ0n) is 15.4.